The van der Waals surface area contributed by atoms with Crippen molar-refractivity contribution in [2.75, 3.05) is 6.61 Å². The van der Waals surface area contributed by atoms with Crippen LogP contribution in [0.25, 0.3) is 0 Å². The zero-order valence-electron chi connectivity index (χ0n) is 15.8. The first-order valence-electron chi connectivity index (χ1n) is 9.07. The summed E-state index contributed by atoms with van der Waals surface area (Å²) in [6.07, 6.45) is 0. The van der Waals surface area contributed by atoms with Gasteiger partial charge in [-0.05, 0) is 47.5 Å². The fraction of sp³-hybridized carbons (Fsp3) is 0.130. The predicted molar refractivity (Wildman–Crippen MR) is 106 cm³/mol. The van der Waals surface area contributed by atoms with Gasteiger partial charge in [-0.3, -0.25) is 4.79 Å². The second-order valence-electron chi connectivity index (χ2n) is 6.28. The van der Waals surface area contributed by atoms with Crippen molar-refractivity contribution >= 4 is 5.91 Å². The maximum absolute atomic E-state index is 12.5. The fourth-order valence-corrected chi connectivity index (χ4v) is 2.82. The van der Waals surface area contributed by atoms with Crippen LogP contribution in [0.15, 0.2) is 78.9 Å². The molecule has 0 aliphatic heterocycles. The Morgan fingerprint density at radius 1 is 0.900 bits per heavy atom. The average molecular weight is 408 g/mol. The van der Waals surface area contributed by atoms with Crippen molar-refractivity contribution in [1.29, 1.82) is 5.26 Å². The van der Waals surface area contributed by atoms with Crippen LogP contribution in [0.4, 0.5) is 8.78 Å². The number of benzene rings is 3. The largest absolute Gasteiger partial charge is 0.484 e. The number of hydrogen-bond acceptors (Lipinski definition) is 4. The maximum atomic E-state index is 12.5. The smallest absolute Gasteiger partial charge is 0.387 e. The highest BCUT2D eigenvalue weighted by molar-refractivity contribution is 5.78. The van der Waals surface area contributed by atoms with E-state index in [1.54, 1.807) is 36.4 Å². The molecule has 7 heteroatoms. The van der Waals surface area contributed by atoms with E-state index in [4.69, 9.17) is 10.00 Å². The molecule has 0 saturated carbocycles. The number of rotatable bonds is 8. The van der Waals surface area contributed by atoms with Gasteiger partial charge in [-0.25, -0.2) is 0 Å². The molecule has 1 atom stereocenters. The molecule has 5 nitrogen and oxygen atoms in total. The van der Waals surface area contributed by atoms with E-state index in [2.05, 4.69) is 10.1 Å². The first-order valence-corrected chi connectivity index (χ1v) is 9.07. The zero-order valence-corrected chi connectivity index (χ0v) is 15.8. The topological polar surface area (TPSA) is 71.3 Å². The summed E-state index contributed by atoms with van der Waals surface area (Å²) in [6.45, 7) is -3.12. The second kappa shape index (κ2) is 10.0. The van der Waals surface area contributed by atoms with Gasteiger partial charge in [0.25, 0.3) is 5.91 Å². The van der Waals surface area contributed by atoms with E-state index < -0.39 is 12.7 Å². The van der Waals surface area contributed by atoms with E-state index in [0.29, 0.717) is 16.9 Å². The van der Waals surface area contributed by atoms with Crippen molar-refractivity contribution in [3.63, 3.8) is 0 Å². The molecule has 0 aromatic heterocycles. The van der Waals surface area contributed by atoms with Gasteiger partial charge < -0.3 is 14.8 Å². The summed E-state index contributed by atoms with van der Waals surface area (Å²) in [5.41, 5.74) is 2.02. The summed E-state index contributed by atoms with van der Waals surface area (Å²) in [5.74, 6) is 0.145. The molecule has 30 heavy (non-hydrogen) atoms. The molecule has 0 spiro atoms. The number of ether oxygens (including phenoxy) is 2. The lowest BCUT2D eigenvalue weighted by Crippen LogP contribution is -2.33. The number of hydrogen-bond donors (Lipinski definition) is 1. The molecule has 3 aromatic rings. The fourth-order valence-electron chi connectivity index (χ4n) is 2.82. The number of carbonyl (C=O) groups excluding carboxylic acids is 1. The highest BCUT2D eigenvalue weighted by Gasteiger charge is 2.17. The minimum absolute atomic E-state index is 0.0380. The molecule has 0 saturated heterocycles. The SMILES string of the molecule is N#Cc1ccc(OCC(=O)N[C@H](c2ccccc2)c2ccc(OC(F)F)cc2)cc1. The third kappa shape index (κ3) is 5.79. The van der Waals surface area contributed by atoms with E-state index in [-0.39, 0.29) is 18.3 Å². The number of nitriles is 1. The summed E-state index contributed by atoms with van der Waals surface area (Å²) in [7, 11) is 0. The molecule has 1 N–H and O–H groups in total. The van der Waals surface area contributed by atoms with Crippen molar-refractivity contribution < 1.29 is 23.0 Å². The summed E-state index contributed by atoms with van der Waals surface area (Å²) < 4.78 is 34.6. The molecule has 152 valence electrons. The Kier molecular flexibility index (Phi) is 6.95. The van der Waals surface area contributed by atoms with E-state index in [1.165, 1.54) is 12.1 Å². The number of nitrogens with one attached hydrogen (secondary N) is 1. The number of amides is 1. The van der Waals surface area contributed by atoms with Gasteiger partial charge in [0, 0.05) is 0 Å². The van der Waals surface area contributed by atoms with Crippen molar-refractivity contribution in [3.05, 3.63) is 95.6 Å². The molecule has 0 aliphatic rings. The molecule has 0 heterocycles. The molecule has 0 aliphatic carbocycles. The normalized spacial score (nSPS) is 11.4. The van der Waals surface area contributed by atoms with Gasteiger partial charge in [-0.1, -0.05) is 42.5 Å². The lowest BCUT2D eigenvalue weighted by atomic mass is 9.98. The van der Waals surface area contributed by atoms with Gasteiger partial charge in [-0.15, -0.1) is 0 Å². The average Bonchev–Trinajstić information content (AvgIpc) is 2.77. The third-order valence-electron chi connectivity index (χ3n) is 4.23. The van der Waals surface area contributed by atoms with Gasteiger partial charge in [-0.2, -0.15) is 14.0 Å². The lowest BCUT2D eigenvalue weighted by Gasteiger charge is -2.20. The summed E-state index contributed by atoms with van der Waals surface area (Å²) >= 11 is 0. The van der Waals surface area contributed by atoms with Crippen molar-refractivity contribution in [2.45, 2.75) is 12.7 Å². The summed E-state index contributed by atoms with van der Waals surface area (Å²) in [6, 6.07) is 23.3. The molecular formula is C23H18F2N2O3. The lowest BCUT2D eigenvalue weighted by molar-refractivity contribution is -0.123. The Hall–Kier alpha value is -3.92. The van der Waals surface area contributed by atoms with Crippen LogP contribution in [-0.4, -0.2) is 19.1 Å². The first kappa shape index (κ1) is 20.8. The van der Waals surface area contributed by atoms with Crippen molar-refractivity contribution in [3.8, 4) is 17.6 Å². The summed E-state index contributed by atoms with van der Waals surface area (Å²) in [5, 5.41) is 11.7. The number of alkyl halides is 2. The van der Waals surface area contributed by atoms with Crippen LogP contribution in [-0.2, 0) is 4.79 Å². The van der Waals surface area contributed by atoms with Crippen molar-refractivity contribution in [1.82, 2.24) is 5.32 Å². The molecule has 0 bridgehead atoms. The van der Waals surface area contributed by atoms with Crippen LogP contribution < -0.4 is 14.8 Å². The molecular weight excluding hydrogens is 390 g/mol. The molecule has 0 radical (unpaired) electrons. The molecule has 3 rings (SSSR count). The quantitative estimate of drug-likeness (QED) is 0.598. The number of halogens is 2. The second-order valence-corrected chi connectivity index (χ2v) is 6.28. The third-order valence-corrected chi connectivity index (χ3v) is 4.23. The van der Waals surface area contributed by atoms with Crippen LogP contribution in [0.5, 0.6) is 11.5 Å². The van der Waals surface area contributed by atoms with Gasteiger partial charge in [0.15, 0.2) is 6.61 Å². The maximum Gasteiger partial charge on any atom is 0.387 e. The van der Waals surface area contributed by atoms with E-state index in [0.717, 1.165) is 5.56 Å². The van der Waals surface area contributed by atoms with Crippen LogP contribution in [0.1, 0.15) is 22.7 Å². The van der Waals surface area contributed by atoms with Gasteiger partial charge >= 0.3 is 6.61 Å². The zero-order chi connectivity index (χ0) is 21.3. The summed E-state index contributed by atoms with van der Waals surface area (Å²) in [4.78, 5) is 12.5. The van der Waals surface area contributed by atoms with Gasteiger partial charge in [0.05, 0.1) is 17.7 Å². The highest BCUT2D eigenvalue weighted by atomic mass is 19.3. The number of carbonyl (C=O) groups is 1. The van der Waals surface area contributed by atoms with Crippen LogP contribution in [0.2, 0.25) is 0 Å². The standard InChI is InChI=1S/C23H18F2N2O3/c24-23(25)30-20-12-8-18(9-13-20)22(17-4-2-1-3-5-17)27-21(28)15-29-19-10-6-16(14-26)7-11-19/h1-13,22-23H,15H2,(H,27,28)/t22-/m1/s1. The first-order chi connectivity index (χ1) is 14.5. The Balaban J connectivity index is 1.71. The van der Waals surface area contributed by atoms with E-state index in [1.807, 2.05) is 36.4 Å². The molecule has 1 amide bonds. The molecule has 0 unspecified atom stereocenters. The van der Waals surface area contributed by atoms with Crippen LogP contribution in [0, 0.1) is 11.3 Å². The molecule has 3 aromatic carbocycles. The van der Waals surface area contributed by atoms with E-state index >= 15 is 0 Å². The van der Waals surface area contributed by atoms with Crippen molar-refractivity contribution in [2.24, 2.45) is 0 Å². The Morgan fingerprint density at radius 3 is 2.10 bits per heavy atom. The molecule has 0 fully saturated rings. The van der Waals surface area contributed by atoms with Crippen LogP contribution in [0.3, 0.4) is 0 Å². The minimum Gasteiger partial charge on any atom is -0.484 e. The van der Waals surface area contributed by atoms with Gasteiger partial charge in [0.2, 0.25) is 0 Å². The minimum atomic E-state index is -2.90. The predicted octanol–water partition coefficient (Wildman–Crippen LogP) is 4.44. The Labute approximate surface area is 172 Å². The highest BCUT2D eigenvalue weighted by Crippen LogP contribution is 2.25. The van der Waals surface area contributed by atoms with Gasteiger partial charge in [0.1, 0.15) is 11.5 Å². The Morgan fingerprint density at radius 2 is 1.50 bits per heavy atom. The number of nitrogens with zero attached hydrogens (tertiary/aromatic N) is 1. The van der Waals surface area contributed by atoms with E-state index in [9.17, 15) is 13.6 Å². The Bertz CT molecular complexity index is 1000. The monoisotopic (exact) mass is 408 g/mol. The van der Waals surface area contributed by atoms with Crippen LogP contribution >= 0.6 is 0 Å².